The van der Waals surface area contributed by atoms with Crippen LogP contribution in [0.2, 0.25) is 0 Å². The number of nitrogens with zero attached hydrogens (tertiary/aromatic N) is 2. The highest BCUT2D eigenvalue weighted by Gasteiger charge is 2.20. The monoisotopic (exact) mass is 180 g/mol. The Bertz CT molecular complexity index is 281. The molecular formula is C9H16N4. The number of piperidine rings is 1. The van der Waals surface area contributed by atoms with E-state index >= 15 is 0 Å². The first-order valence-electron chi connectivity index (χ1n) is 4.70. The quantitative estimate of drug-likeness (QED) is 0.630. The van der Waals surface area contributed by atoms with Gasteiger partial charge >= 0.3 is 0 Å². The van der Waals surface area contributed by atoms with Gasteiger partial charge in [0.05, 0.1) is 6.20 Å². The van der Waals surface area contributed by atoms with Crippen molar-refractivity contribution in [2.75, 3.05) is 13.1 Å². The van der Waals surface area contributed by atoms with Crippen LogP contribution in [0.3, 0.4) is 0 Å². The second-order valence-electron chi connectivity index (χ2n) is 3.80. The van der Waals surface area contributed by atoms with Crippen LogP contribution in [0.25, 0.3) is 0 Å². The second-order valence-corrected chi connectivity index (χ2v) is 3.80. The van der Waals surface area contributed by atoms with Crippen molar-refractivity contribution in [3.05, 3.63) is 18.0 Å². The predicted molar refractivity (Wildman–Crippen MR) is 51.4 cm³/mol. The van der Waals surface area contributed by atoms with Gasteiger partial charge in [-0.1, -0.05) is 0 Å². The zero-order valence-corrected chi connectivity index (χ0v) is 7.90. The van der Waals surface area contributed by atoms with E-state index in [9.17, 15) is 0 Å². The summed E-state index contributed by atoms with van der Waals surface area (Å²) in [5.41, 5.74) is 7.18. The number of hydrogen-bond acceptors (Lipinski definition) is 3. The molecule has 2 heterocycles. The third-order valence-electron chi connectivity index (χ3n) is 2.58. The van der Waals surface area contributed by atoms with Crippen molar-refractivity contribution in [1.29, 1.82) is 0 Å². The molecule has 2 atom stereocenters. The van der Waals surface area contributed by atoms with Crippen LogP contribution >= 0.6 is 0 Å². The Morgan fingerprint density at radius 3 is 3.08 bits per heavy atom. The van der Waals surface area contributed by atoms with Crippen LogP contribution in [-0.4, -0.2) is 28.9 Å². The first-order valence-corrected chi connectivity index (χ1v) is 4.70. The van der Waals surface area contributed by atoms with Crippen molar-refractivity contribution < 1.29 is 0 Å². The fourth-order valence-electron chi connectivity index (χ4n) is 1.88. The number of rotatable bonds is 1. The zero-order valence-electron chi connectivity index (χ0n) is 7.90. The summed E-state index contributed by atoms with van der Waals surface area (Å²) in [5.74, 6) is 0.539. The summed E-state index contributed by atoms with van der Waals surface area (Å²) in [6.45, 7) is 1.97. The third kappa shape index (κ3) is 1.89. The zero-order chi connectivity index (χ0) is 9.26. The summed E-state index contributed by atoms with van der Waals surface area (Å²) < 4.78 is 1.84. The lowest BCUT2D eigenvalue weighted by molar-refractivity contribution is 0.411. The SMILES string of the molecule is Cn1cc(C2CNCC(N)C2)cn1. The minimum absolute atomic E-state index is 0.291. The van der Waals surface area contributed by atoms with Crippen molar-refractivity contribution in [3.8, 4) is 0 Å². The molecule has 72 valence electrons. The van der Waals surface area contributed by atoms with E-state index in [1.54, 1.807) is 0 Å². The molecule has 0 aromatic carbocycles. The maximum atomic E-state index is 5.88. The third-order valence-corrected chi connectivity index (χ3v) is 2.58. The van der Waals surface area contributed by atoms with E-state index in [0.717, 1.165) is 19.5 Å². The number of aryl methyl sites for hydroxylation is 1. The van der Waals surface area contributed by atoms with Gasteiger partial charge in [-0.05, 0) is 12.0 Å². The molecule has 1 aromatic heterocycles. The fourth-order valence-corrected chi connectivity index (χ4v) is 1.88. The van der Waals surface area contributed by atoms with E-state index in [1.807, 2.05) is 17.9 Å². The van der Waals surface area contributed by atoms with E-state index in [-0.39, 0.29) is 0 Å². The maximum Gasteiger partial charge on any atom is 0.0524 e. The molecule has 0 aliphatic carbocycles. The van der Waals surface area contributed by atoms with E-state index < -0.39 is 0 Å². The van der Waals surface area contributed by atoms with Crippen molar-refractivity contribution in [2.45, 2.75) is 18.4 Å². The highest BCUT2D eigenvalue weighted by molar-refractivity contribution is 5.13. The van der Waals surface area contributed by atoms with Crippen LogP contribution in [-0.2, 0) is 7.05 Å². The fraction of sp³-hybridized carbons (Fsp3) is 0.667. The van der Waals surface area contributed by atoms with E-state index in [4.69, 9.17) is 5.73 Å². The van der Waals surface area contributed by atoms with Crippen molar-refractivity contribution in [3.63, 3.8) is 0 Å². The van der Waals surface area contributed by atoms with Gasteiger partial charge in [-0.2, -0.15) is 5.10 Å². The number of aromatic nitrogens is 2. The molecule has 4 nitrogen and oxygen atoms in total. The summed E-state index contributed by atoms with van der Waals surface area (Å²) in [5, 5.41) is 7.50. The van der Waals surface area contributed by atoms with Gasteiger partial charge in [0.15, 0.2) is 0 Å². The topological polar surface area (TPSA) is 55.9 Å². The average molecular weight is 180 g/mol. The van der Waals surface area contributed by atoms with E-state index in [0.29, 0.717) is 12.0 Å². The molecule has 0 bridgehead atoms. The molecule has 1 aromatic rings. The standard InChI is InChI=1S/C9H16N4/c1-13-6-8(4-12-13)7-2-9(10)5-11-3-7/h4,6-7,9,11H,2-3,5,10H2,1H3. The maximum absolute atomic E-state index is 5.88. The van der Waals surface area contributed by atoms with Gasteiger partial charge in [0.25, 0.3) is 0 Å². The Morgan fingerprint density at radius 2 is 2.46 bits per heavy atom. The highest BCUT2D eigenvalue weighted by atomic mass is 15.2. The molecule has 1 saturated heterocycles. The summed E-state index contributed by atoms with van der Waals surface area (Å²) in [6.07, 6.45) is 5.08. The lowest BCUT2D eigenvalue weighted by Gasteiger charge is -2.26. The Morgan fingerprint density at radius 1 is 1.62 bits per heavy atom. The molecule has 13 heavy (non-hydrogen) atoms. The average Bonchev–Trinajstić information content (AvgIpc) is 2.52. The summed E-state index contributed by atoms with van der Waals surface area (Å²) >= 11 is 0. The van der Waals surface area contributed by atoms with Gasteiger partial charge in [0.2, 0.25) is 0 Å². The molecule has 2 rings (SSSR count). The van der Waals surface area contributed by atoms with Crippen LogP contribution in [0, 0.1) is 0 Å². The van der Waals surface area contributed by atoms with Crippen molar-refractivity contribution >= 4 is 0 Å². The summed E-state index contributed by atoms with van der Waals surface area (Å²) in [6, 6.07) is 0.291. The van der Waals surface area contributed by atoms with Crippen molar-refractivity contribution in [1.82, 2.24) is 15.1 Å². The molecule has 1 fully saturated rings. The van der Waals surface area contributed by atoms with Gasteiger partial charge in [-0.3, -0.25) is 4.68 Å². The van der Waals surface area contributed by atoms with E-state index in [1.165, 1.54) is 5.56 Å². The van der Waals surface area contributed by atoms with Crippen LogP contribution in [0.1, 0.15) is 17.9 Å². The number of nitrogens with one attached hydrogen (secondary N) is 1. The molecule has 4 heteroatoms. The van der Waals surface area contributed by atoms with Crippen LogP contribution in [0.15, 0.2) is 12.4 Å². The molecule has 0 saturated carbocycles. The Labute approximate surface area is 78.1 Å². The molecule has 0 spiro atoms. The largest absolute Gasteiger partial charge is 0.327 e. The lowest BCUT2D eigenvalue weighted by Crippen LogP contribution is -2.43. The first kappa shape index (κ1) is 8.72. The smallest absolute Gasteiger partial charge is 0.0524 e. The minimum atomic E-state index is 0.291. The van der Waals surface area contributed by atoms with Gasteiger partial charge in [-0.15, -0.1) is 0 Å². The van der Waals surface area contributed by atoms with Crippen LogP contribution in [0.5, 0.6) is 0 Å². The van der Waals surface area contributed by atoms with Gasteiger partial charge in [-0.25, -0.2) is 0 Å². The molecule has 1 aliphatic heterocycles. The highest BCUT2D eigenvalue weighted by Crippen LogP contribution is 2.21. The van der Waals surface area contributed by atoms with Crippen LogP contribution in [0.4, 0.5) is 0 Å². The second kappa shape index (κ2) is 3.47. The number of hydrogen-bond donors (Lipinski definition) is 2. The Kier molecular flexibility index (Phi) is 2.33. The van der Waals surface area contributed by atoms with Crippen molar-refractivity contribution in [2.24, 2.45) is 12.8 Å². The number of nitrogens with two attached hydrogens (primary N) is 1. The minimum Gasteiger partial charge on any atom is -0.327 e. The van der Waals surface area contributed by atoms with E-state index in [2.05, 4.69) is 16.6 Å². The van der Waals surface area contributed by atoms with Crippen LogP contribution < -0.4 is 11.1 Å². The molecule has 0 radical (unpaired) electrons. The van der Waals surface area contributed by atoms with Gasteiger partial charge in [0.1, 0.15) is 0 Å². The first-order chi connectivity index (χ1) is 6.25. The molecule has 2 unspecified atom stereocenters. The summed E-state index contributed by atoms with van der Waals surface area (Å²) in [4.78, 5) is 0. The molecule has 0 amide bonds. The Hall–Kier alpha value is -0.870. The van der Waals surface area contributed by atoms with Gasteiger partial charge in [0, 0.05) is 38.3 Å². The Balaban J connectivity index is 2.08. The van der Waals surface area contributed by atoms with Gasteiger partial charge < -0.3 is 11.1 Å². The summed E-state index contributed by atoms with van der Waals surface area (Å²) in [7, 11) is 1.94. The predicted octanol–water partition coefficient (Wildman–Crippen LogP) is -0.176. The molecular weight excluding hydrogens is 164 g/mol. The molecule has 3 N–H and O–H groups in total. The normalized spacial score (nSPS) is 29.1. The lowest BCUT2D eigenvalue weighted by atomic mass is 9.91. The molecule has 1 aliphatic rings.